The molecule has 9 rings (SSSR count). The Labute approximate surface area is 442 Å². The molecule has 0 amide bonds. The van der Waals surface area contributed by atoms with Crippen molar-refractivity contribution >= 4 is 0 Å². The summed E-state index contributed by atoms with van der Waals surface area (Å²) < 4.78 is 14.2. The molecule has 9 heterocycles. The maximum atomic E-state index is 4.66. The normalized spacial score (nSPS) is 11.9. The Morgan fingerprint density at radius 1 is 0.543 bits per heavy atom. The fourth-order valence-corrected chi connectivity index (χ4v) is 8.54. The molecule has 0 spiro atoms. The minimum Gasteiger partial charge on any atom is -0.358 e. The molecule has 0 aromatic carbocycles. The first-order valence-corrected chi connectivity index (χ1v) is 23.2. The Balaban J connectivity index is 0.000000320. The molecule has 3 unspecified atom stereocenters. The molecule has 0 fully saturated rings. The van der Waals surface area contributed by atoms with Gasteiger partial charge >= 0.3 is 19.8 Å². The van der Waals surface area contributed by atoms with Crippen molar-refractivity contribution in [3.63, 3.8) is 0 Å². The summed E-state index contributed by atoms with van der Waals surface area (Å²) in [6, 6.07) is 19.6. The third-order valence-electron chi connectivity index (χ3n) is 12.4. The van der Waals surface area contributed by atoms with Crippen molar-refractivity contribution in [1.82, 2.24) is 57.7 Å². The van der Waals surface area contributed by atoms with Gasteiger partial charge < -0.3 is 34.8 Å². The first-order valence-electron chi connectivity index (χ1n) is 23.2. The first kappa shape index (κ1) is 56.4. The molecule has 14 nitrogen and oxygen atoms in total. The van der Waals surface area contributed by atoms with Crippen molar-refractivity contribution in [1.29, 1.82) is 0 Å². The zero-order valence-electron chi connectivity index (χ0n) is 41.8. The van der Waals surface area contributed by atoms with Gasteiger partial charge in [-0.25, -0.2) is 34.5 Å². The van der Waals surface area contributed by atoms with Crippen LogP contribution in [-0.4, -0.2) is 57.7 Å². The number of aryl methyl sites for hydroxylation is 7. The number of imidazole rings is 5. The van der Waals surface area contributed by atoms with Crippen LogP contribution in [0, 0.1) is 21.4 Å². The maximum Gasteiger partial charge on any atom is 1.00 e. The summed E-state index contributed by atoms with van der Waals surface area (Å²) in [5.41, 5.74) is 6.15. The molecule has 9 aromatic rings. The zero-order valence-corrected chi connectivity index (χ0v) is 47.3. The molecule has 70 heavy (non-hydrogen) atoms. The summed E-state index contributed by atoms with van der Waals surface area (Å²) in [4.78, 5) is 30.3. The SMILES string of the molecule is Cn1ccnc1-c1nccn1C.Cn1ccnc1-c1nccn1C.[CH2-][n+]1ccc(C(CC)CC(CC(CC)c2cc[n+](CCCn3ccnc3-c3cccc(C)n3)cc2)c2ccncc2)cc1.[CH3-].[Os+].[W]. The van der Waals surface area contributed by atoms with Crippen LogP contribution in [0.2, 0.25) is 0 Å². The van der Waals surface area contributed by atoms with E-state index in [1.54, 1.807) is 24.8 Å². The predicted molar refractivity (Wildman–Crippen MR) is 268 cm³/mol. The second-order valence-electron chi connectivity index (χ2n) is 17.1. The molecule has 0 N–H and O–H groups in total. The van der Waals surface area contributed by atoms with Gasteiger partial charge in [0.1, 0.15) is 12.2 Å². The van der Waals surface area contributed by atoms with Crippen molar-refractivity contribution in [2.75, 3.05) is 0 Å². The van der Waals surface area contributed by atoms with E-state index in [0.717, 1.165) is 85.7 Å². The molecular formula is C54H68N14OsW+. The van der Waals surface area contributed by atoms with Gasteiger partial charge in [-0.15, -0.1) is 0 Å². The van der Waals surface area contributed by atoms with Gasteiger partial charge in [-0.2, -0.15) is 0 Å². The van der Waals surface area contributed by atoms with E-state index in [2.05, 4.69) is 132 Å². The summed E-state index contributed by atoms with van der Waals surface area (Å²) in [5.74, 6) is 5.97. The zero-order chi connectivity index (χ0) is 47.1. The van der Waals surface area contributed by atoms with Crippen molar-refractivity contribution in [3.05, 3.63) is 191 Å². The molecule has 0 aliphatic rings. The van der Waals surface area contributed by atoms with Crippen LogP contribution < -0.4 is 9.13 Å². The molecule has 0 saturated carbocycles. The Hall–Kier alpha value is -6.16. The maximum absolute atomic E-state index is 4.66. The smallest absolute Gasteiger partial charge is 0.358 e. The van der Waals surface area contributed by atoms with E-state index in [4.69, 9.17) is 0 Å². The average Bonchev–Trinajstić information content (AvgIpc) is 4.22. The Bertz CT molecular complexity index is 2710. The van der Waals surface area contributed by atoms with Crippen LogP contribution in [-0.2, 0) is 82.1 Å². The largest absolute Gasteiger partial charge is 1.00 e. The summed E-state index contributed by atoms with van der Waals surface area (Å²) >= 11 is 0. The average molecular weight is 1290 g/mol. The summed E-state index contributed by atoms with van der Waals surface area (Å²) in [6.07, 6.45) is 36.6. The van der Waals surface area contributed by atoms with Crippen LogP contribution in [0.3, 0.4) is 0 Å². The van der Waals surface area contributed by atoms with Crippen LogP contribution in [0.25, 0.3) is 34.8 Å². The molecule has 0 bridgehead atoms. The Morgan fingerprint density at radius 3 is 1.40 bits per heavy atom. The van der Waals surface area contributed by atoms with Crippen LogP contribution in [0.5, 0.6) is 0 Å². The van der Waals surface area contributed by atoms with Crippen molar-refractivity contribution in [2.45, 2.75) is 83.7 Å². The summed E-state index contributed by atoms with van der Waals surface area (Å²) in [5, 5.41) is 0. The van der Waals surface area contributed by atoms with Gasteiger partial charge in [0.2, 0.25) is 0 Å². The number of pyridine rings is 4. The molecule has 0 aliphatic carbocycles. The summed E-state index contributed by atoms with van der Waals surface area (Å²) in [7, 11) is 11.8. The van der Waals surface area contributed by atoms with E-state index in [1.165, 1.54) is 16.7 Å². The number of hydrogen-bond donors (Lipinski definition) is 0. The van der Waals surface area contributed by atoms with Gasteiger partial charge in [0, 0.05) is 161 Å². The number of hydrogen-bond acceptors (Lipinski definition) is 7. The van der Waals surface area contributed by atoms with Gasteiger partial charge in [0.25, 0.3) is 0 Å². The van der Waals surface area contributed by atoms with E-state index in [0.29, 0.717) is 17.8 Å². The van der Waals surface area contributed by atoms with E-state index >= 15 is 0 Å². The van der Waals surface area contributed by atoms with Gasteiger partial charge in [-0.05, 0) is 85.8 Å². The second kappa shape index (κ2) is 27.9. The van der Waals surface area contributed by atoms with Crippen LogP contribution in [0.15, 0.2) is 154 Å². The molecule has 0 aliphatic heterocycles. The van der Waals surface area contributed by atoms with Crippen molar-refractivity contribution < 1.29 is 50.0 Å². The van der Waals surface area contributed by atoms with Gasteiger partial charge in [0.15, 0.2) is 41.5 Å². The Kier molecular flexibility index (Phi) is 22.5. The standard InChI is InChI=1S/C37H45N6.2C8H10N4.CH3.Os.W/c1-5-30(33-13-22-41(4)23-14-33)27-35(32-11-17-38-18-12-32)28-31(6-2)34-15-24-42(25-16-34)20-8-21-43-26-19-39-37(43)36-10-7-9-29(3)40-36;2*1-11-5-3-9-7(11)8-10-4-6-12(8)2;;;/h7,9-19,22-26,30-31,35H,4-6,8,20-21,27-28H2,1-3H3;2*3-6H,1-2H3;1H3;;/q+1;;;-1;+1;. The molecule has 367 valence electrons. The molecule has 3 atom stereocenters. The van der Waals surface area contributed by atoms with E-state index in [1.807, 2.05) is 120 Å². The fourth-order valence-electron chi connectivity index (χ4n) is 8.54. The molecule has 1 radical (unpaired) electrons. The van der Waals surface area contributed by atoms with Gasteiger partial charge in [-0.3, -0.25) is 4.98 Å². The third kappa shape index (κ3) is 14.9. The summed E-state index contributed by atoms with van der Waals surface area (Å²) in [6.45, 7) is 8.50. The van der Waals surface area contributed by atoms with E-state index in [-0.39, 0.29) is 48.3 Å². The molecule has 0 saturated heterocycles. The Morgan fingerprint density at radius 2 is 0.971 bits per heavy atom. The molecular weight excluding hydrogens is 1220 g/mol. The van der Waals surface area contributed by atoms with Crippen molar-refractivity contribution in [2.24, 2.45) is 28.2 Å². The van der Waals surface area contributed by atoms with Gasteiger partial charge in [-0.1, -0.05) is 37.6 Å². The predicted octanol–water partition coefficient (Wildman–Crippen LogP) is 9.29. The minimum atomic E-state index is 0. The van der Waals surface area contributed by atoms with Crippen LogP contribution in [0.1, 0.15) is 86.1 Å². The van der Waals surface area contributed by atoms with Crippen molar-refractivity contribution in [3.8, 4) is 34.8 Å². The second-order valence-corrected chi connectivity index (χ2v) is 17.1. The minimum absolute atomic E-state index is 0. The van der Waals surface area contributed by atoms with Crippen LogP contribution >= 0.6 is 0 Å². The molecule has 9 aromatic heterocycles. The van der Waals surface area contributed by atoms with E-state index in [9.17, 15) is 0 Å². The number of rotatable bonds is 16. The third-order valence-corrected chi connectivity index (χ3v) is 12.4. The fraction of sp³-hybridized carbons (Fsp3) is 0.315. The monoisotopic (exact) mass is 1290 g/mol. The van der Waals surface area contributed by atoms with Crippen LogP contribution in [0.4, 0.5) is 0 Å². The molecule has 16 heteroatoms. The van der Waals surface area contributed by atoms with Gasteiger partial charge in [0.05, 0.1) is 12.4 Å². The quantitative estimate of drug-likeness (QED) is 0.0699. The first-order chi connectivity index (χ1) is 32.6. The topological polar surface area (TPSA) is 123 Å². The number of nitrogens with zero attached hydrogens (tertiary/aromatic N) is 14. The number of aromatic nitrogens is 14. The van der Waals surface area contributed by atoms with E-state index < -0.39 is 0 Å².